The maximum absolute atomic E-state index is 11.1. The zero-order valence-electron chi connectivity index (χ0n) is 25.2. The molecule has 0 unspecified atom stereocenters. The van der Waals surface area contributed by atoms with E-state index in [9.17, 15) is 9.59 Å². The van der Waals surface area contributed by atoms with E-state index in [-0.39, 0.29) is 11.9 Å². The maximum Gasteiger partial charge on any atom is 0.330 e. The van der Waals surface area contributed by atoms with Gasteiger partial charge in [0.2, 0.25) is 0 Å². The number of rotatable bonds is 14. The summed E-state index contributed by atoms with van der Waals surface area (Å²) >= 11 is 0. The number of allylic oxidation sites excluding steroid dienone is 24. The van der Waals surface area contributed by atoms with Crippen molar-refractivity contribution in [3.8, 4) is 0 Å². The van der Waals surface area contributed by atoms with Gasteiger partial charge < -0.3 is 9.47 Å². The average molecular weight is 541 g/mol. The van der Waals surface area contributed by atoms with Crippen LogP contribution >= 0.6 is 0 Å². The van der Waals surface area contributed by atoms with Crippen LogP contribution in [0.1, 0.15) is 41.5 Å². The van der Waals surface area contributed by atoms with Crippen LogP contribution in [0, 0.1) is 0 Å². The Balaban J connectivity index is 4.81. The Morgan fingerprint density at radius 3 is 0.825 bits per heavy atom. The van der Waals surface area contributed by atoms with Crippen molar-refractivity contribution in [3.05, 3.63) is 155 Å². The molecule has 40 heavy (non-hydrogen) atoms. The van der Waals surface area contributed by atoms with Crippen molar-refractivity contribution in [2.45, 2.75) is 41.5 Å². The molecule has 0 aromatic heterocycles. The lowest BCUT2D eigenvalue weighted by Gasteiger charge is -1.92. The first-order chi connectivity index (χ1) is 19.1. The number of carbonyl (C=O) groups is 2. The zero-order chi connectivity index (χ0) is 30.2. The molecule has 0 saturated carbocycles. The first kappa shape index (κ1) is 35.6. The number of carbonyl (C=O) groups excluding carboxylic acids is 2. The highest BCUT2D eigenvalue weighted by Gasteiger charge is 1.90. The van der Waals surface area contributed by atoms with Gasteiger partial charge in [-0.05, 0) is 41.5 Å². The molecule has 212 valence electrons. The maximum atomic E-state index is 11.1. The Labute approximate surface area is 241 Å². The molecular weight excluding hydrogens is 496 g/mol. The lowest BCUT2D eigenvalue weighted by Crippen LogP contribution is -1.93. The van der Waals surface area contributed by atoms with E-state index in [1.165, 1.54) is 26.4 Å². The van der Waals surface area contributed by atoms with Crippen molar-refractivity contribution < 1.29 is 19.1 Å². The Morgan fingerprint density at radius 1 is 0.350 bits per heavy atom. The minimum absolute atomic E-state index is 0.365. The number of ether oxygens (including phenoxy) is 2. The molecule has 0 spiro atoms. The van der Waals surface area contributed by atoms with Crippen molar-refractivity contribution in [2.75, 3.05) is 14.2 Å². The van der Waals surface area contributed by atoms with E-state index in [0.29, 0.717) is 0 Å². The number of hydrogen-bond acceptors (Lipinski definition) is 4. The minimum atomic E-state index is -0.365. The lowest BCUT2D eigenvalue weighted by atomic mass is 10.2. The quantitative estimate of drug-likeness (QED) is 0.125. The van der Waals surface area contributed by atoms with Gasteiger partial charge in [0.1, 0.15) is 0 Å². The van der Waals surface area contributed by atoms with Gasteiger partial charge in [-0.3, -0.25) is 0 Å². The second kappa shape index (κ2) is 22.5. The molecule has 0 heterocycles. The summed E-state index contributed by atoms with van der Waals surface area (Å²) in [7, 11) is 2.72. The van der Waals surface area contributed by atoms with Gasteiger partial charge in [0.15, 0.2) is 0 Å². The molecule has 0 aromatic rings. The van der Waals surface area contributed by atoms with E-state index >= 15 is 0 Å². The van der Waals surface area contributed by atoms with Crippen molar-refractivity contribution in [1.29, 1.82) is 0 Å². The summed E-state index contributed by atoms with van der Waals surface area (Å²) in [6, 6.07) is 0. The van der Waals surface area contributed by atoms with Gasteiger partial charge in [0, 0.05) is 12.2 Å². The SMILES string of the molecule is COC(=O)C=CC(C)=CC=CC(C)=CC=CC(C)=CC=CC=C(C)C=CC=C(C)C=CC=C(C)C=CC(=O)OC. The van der Waals surface area contributed by atoms with E-state index in [0.717, 1.165) is 33.4 Å². The third-order valence-corrected chi connectivity index (χ3v) is 5.07. The van der Waals surface area contributed by atoms with Gasteiger partial charge in [0.05, 0.1) is 14.2 Å². The predicted octanol–water partition coefficient (Wildman–Crippen LogP) is 8.90. The standard InChI is InChI=1S/C36H44O4/c1-29(17-11-19-31(3)21-13-23-33(5)25-27-35(37)39-7)15-9-10-16-30(2)18-12-20-32(4)22-14-24-34(6)26-28-36(38)40-8/h9-28H,1-8H3. The number of hydrogen-bond donors (Lipinski definition) is 0. The van der Waals surface area contributed by atoms with Gasteiger partial charge in [-0.1, -0.05) is 143 Å². The summed E-state index contributed by atoms with van der Waals surface area (Å²) in [5.41, 5.74) is 6.44. The monoisotopic (exact) mass is 540 g/mol. The third-order valence-electron chi connectivity index (χ3n) is 5.07. The van der Waals surface area contributed by atoms with Gasteiger partial charge in [-0.15, -0.1) is 0 Å². The molecule has 0 rings (SSSR count). The highest BCUT2D eigenvalue weighted by molar-refractivity contribution is 5.82. The van der Waals surface area contributed by atoms with Gasteiger partial charge >= 0.3 is 11.9 Å². The molecule has 0 bridgehead atoms. The summed E-state index contributed by atoms with van der Waals surface area (Å²) in [5.74, 6) is -0.729. The van der Waals surface area contributed by atoms with Crippen LogP contribution in [0.3, 0.4) is 0 Å². The van der Waals surface area contributed by atoms with E-state index in [1.807, 2.05) is 101 Å². The van der Waals surface area contributed by atoms with E-state index in [2.05, 4.69) is 47.6 Å². The molecule has 0 radical (unpaired) electrons. The Hall–Kier alpha value is -4.44. The van der Waals surface area contributed by atoms with Gasteiger partial charge in [-0.25, -0.2) is 9.59 Å². The second-order valence-electron chi connectivity index (χ2n) is 9.00. The molecule has 0 saturated heterocycles. The molecule has 0 N–H and O–H groups in total. The Morgan fingerprint density at radius 2 is 0.575 bits per heavy atom. The molecule has 4 heteroatoms. The Kier molecular flexibility index (Phi) is 20.0. The predicted molar refractivity (Wildman–Crippen MR) is 171 cm³/mol. The minimum Gasteiger partial charge on any atom is -0.466 e. The summed E-state index contributed by atoms with van der Waals surface area (Å²) in [5, 5.41) is 0. The summed E-state index contributed by atoms with van der Waals surface area (Å²) < 4.78 is 9.16. The van der Waals surface area contributed by atoms with Crippen LogP contribution < -0.4 is 0 Å². The highest BCUT2D eigenvalue weighted by atomic mass is 16.5. The Bertz CT molecular complexity index is 1130. The van der Waals surface area contributed by atoms with Gasteiger partial charge in [0.25, 0.3) is 0 Å². The highest BCUT2D eigenvalue weighted by Crippen LogP contribution is 2.04. The molecule has 0 aliphatic heterocycles. The molecule has 0 aliphatic carbocycles. The number of esters is 2. The van der Waals surface area contributed by atoms with Gasteiger partial charge in [-0.2, -0.15) is 0 Å². The van der Waals surface area contributed by atoms with Crippen LogP contribution in [0.4, 0.5) is 0 Å². The van der Waals surface area contributed by atoms with E-state index in [4.69, 9.17) is 0 Å². The molecule has 0 fully saturated rings. The zero-order valence-corrected chi connectivity index (χ0v) is 25.2. The van der Waals surface area contributed by atoms with Crippen LogP contribution in [0.25, 0.3) is 0 Å². The molecular formula is C36H44O4. The first-order valence-corrected chi connectivity index (χ1v) is 13.0. The largest absolute Gasteiger partial charge is 0.466 e. The molecule has 0 aromatic carbocycles. The lowest BCUT2D eigenvalue weighted by molar-refractivity contribution is -0.135. The van der Waals surface area contributed by atoms with Crippen LogP contribution in [0.2, 0.25) is 0 Å². The molecule has 0 aliphatic rings. The van der Waals surface area contributed by atoms with E-state index < -0.39 is 0 Å². The second-order valence-corrected chi connectivity index (χ2v) is 9.00. The fourth-order valence-corrected chi connectivity index (χ4v) is 2.69. The van der Waals surface area contributed by atoms with E-state index in [1.54, 1.807) is 12.2 Å². The molecule has 4 nitrogen and oxygen atoms in total. The van der Waals surface area contributed by atoms with Crippen molar-refractivity contribution in [2.24, 2.45) is 0 Å². The van der Waals surface area contributed by atoms with Crippen LogP contribution in [0.15, 0.2) is 155 Å². The summed E-state index contributed by atoms with van der Waals surface area (Å²) in [6.07, 6.45) is 38.5. The fourth-order valence-electron chi connectivity index (χ4n) is 2.69. The van der Waals surface area contributed by atoms with Crippen LogP contribution in [0.5, 0.6) is 0 Å². The third kappa shape index (κ3) is 21.6. The topological polar surface area (TPSA) is 52.6 Å². The first-order valence-electron chi connectivity index (χ1n) is 13.0. The number of methoxy groups -OCH3 is 2. The normalized spacial score (nSPS) is 15.4. The van der Waals surface area contributed by atoms with Crippen molar-refractivity contribution in [1.82, 2.24) is 0 Å². The molecule has 0 atom stereocenters. The average Bonchev–Trinajstić information content (AvgIpc) is 2.92. The smallest absolute Gasteiger partial charge is 0.330 e. The fraction of sp³-hybridized carbons (Fsp3) is 0.222. The van der Waals surface area contributed by atoms with Crippen molar-refractivity contribution >= 4 is 11.9 Å². The van der Waals surface area contributed by atoms with Crippen LogP contribution in [-0.4, -0.2) is 26.2 Å². The van der Waals surface area contributed by atoms with Crippen LogP contribution in [-0.2, 0) is 19.1 Å². The van der Waals surface area contributed by atoms with Crippen molar-refractivity contribution in [3.63, 3.8) is 0 Å². The summed E-state index contributed by atoms with van der Waals surface area (Å²) in [4.78, 5) is 22.2. The molecule has 0 amide bonds. The summed E-state index contributed by atoms with van der Waals surface area (Å²) in [6.45, 7) is 12.0.